The molecule has 2 saturated heterocycles. The zero-order valence-corrected chi connectivity index (χ0v) is 6.98. The summed E-state index contributed by atoms with van der Waals surface area (Å²) in [5, 5.41) is 4.25. The van der Waals surface area contributed by atoms with Crippen LogP contribution in [-0.4, -0.2) is 39.3 Å². The molecule has 3 rings (SSSR count). The first kappa shape index (κ1) is 6.60. The second kappa shape index (κ2) is 2.07. The van der Waals surface area contributed by atoms with Crippen LogP contribution in [0.15, 0.2) is 12.7 Å². The quantitative estimate of drug-likeness (QED) is 0.589. The molecule has 64 valence electrons. The topological polar surface area (TPSA) is 34.0 Å². The first-order valence-corrected chi connectivity index (χ1v) is 4.47. The largest absolute Gasteiger partial charge is 0.301 e. The van der Waals surface area contributed by atoms with Crippen molar-refractivity contribution < 1.29 is 0 Å². The zero-order chi connectivity index (χ0) is 8.02. The smallest absolute Gasteiger partial charge is 0.137 e. The fraction of sp³-hybridized carbons (Fsp3) is 0.750. The van der Waals surface area contributed by atoms with E-state index in [1.54, 1.807) is 6.33 Å². The summed E-state index contributed by atoms with van der Waals surface area (Å²) < 4.78 is 2.06. The summed E-state index contributed by atoms with van der Waals surface area (Å²) in [6.07, 6.45) is 5.98. The maximum Gasteiger partial charge on any atom is 0.137 e. The monoisotopic (exact) mass is 164 g/mol. The lowest BCUT2D eigenvalue weighted by molar-refractivity contribution is 0.287. The minimum atomic E-state index is 0.302. The normalized spacial score (nSPS) is 39.2. The van der Waals surface area contributed by atoms with Crippen LogP contribution in [0.2, 0.25) is 0 Å². The average Bonchev–Trinajstić information content (AvgIpc) is 2.82. The van der Waals surface area contributed by atoms with Crippen molar-refractivity contribution in [2.45, 2.75) is 18.4 Å². The van der Waals surface area contributed by atoms with Gasteiger partial charge >= 0.3 is 0 Å². The van der Waals surface area contributed by atoms with Crippen molar-refractivity contribution in [1.82, 2.24) is 19.7 Å². The molecule has 1 aromatic heterocycles. The predicted molar refractivity (Wildman–Crippen MR) is 43.7 cm³/mol. The molecular weight excluding hydrogens is 152 g/mol. The highest BCUT2D eigenvalue weighted by molar-refractivity contribution is 5.00. The van der Waals surface area contributed by atoms with Gasteiger partial charge in [0.2, 0.25) is 0 Å². The van der Waals surface area contributed by atoms with E-state index in [2.05, 4.69) is 19.7 Å². The summed E-state index contributed by atoms with van der Waals surface area (Å²) in [4.78, 5) is 6.51. The number of fused-ring (bicyclic) bond motifs is 2. The van der Waals surface area contributed by atoms with Gasteiger partial charge in [0.15, 0.2) is 0 Å². The molecule has 0 aliphatic carbocycles. The second-order valence-corrected chi connectivity index (χ2v) is 3.84. The Labute approximate surface area is 71.2 Å². The van der Waals surface area contributed by atoms with E-state index in [1.807, 2.05) is 6.33 Å². The third kappa shape index (κ3) is 0.705. The van der Waals surface area contributed by atoms with Gasteiger partial charge in [-0.05, 0) is 12.8 Å². The number of aromatic nitrogens is 3. The Balaban J connectivity index is 2.01. The molecule has 2 fully saturated rings. The standard InChI is InChI=1S/C8H12N4/c1-3-11-4-2-8(1,5-11)12-7-9-6-10-12/h6-7H,1-5H2. The highest BCUT2D eigenvalue weighted by Crippen LogP contribution is 2.37. The van der Waals surface area contributed by atoms with Crippen molar-refractivity contribution in [3.8, 4) is 0 Å². The van der Waals surface area contributed by atoms with Crippen LogP contribution < -0.4 is 0 Å². The summed E-state index contributed by atoms with van der Waals surface area (Å²) in [5.74, 6) is 0. The summed E-state index contributed by atoms with van der Waals surface area (Å²) in [6.45, 7) is 3.65. The Hall–Kier alpha value is -0.900. The third-order valence-corrected chi connectivity index (χ3v) is 3.21. The molecule has 2 bridgehead atoms. The maximum atomic E-state index is 4.25. The molecule has 2 aliphatic rings. The molecule has 0 N–H and O–H groups in total. The number of hydrogen-bond donors (Lipinski definition) is 0. The summed E-state index contributed by atoms with van der Waals surface area (Å²) in [6, 6.07) is 0. The van der Waals surface area contributed by atoms with Crippen molar-refractivity contribution in [3.63, 3.8) is 0 Å². The Morgan fingerprint density at radius 2 is 2.08 bits per heavy atom. The van der Waals surface area contributed by atoms with E-state index in [1.165, 1.54) is 32.5 Å². The summed E-state index contributed by atoms with van der Waals surface area (Å²) >= 11 is 0. The first-order chi connectivity index (χ1) is 5.89. The lowest BCUT2D eigenvalue weighted by atomic mass is 9.96. The molecule has 0 saturated carbocycles. The number of hydrogen-bond acceptors (Lipinski definition) is 3. The highest BCUT2D eigenvalue weighted by Gasteiger charge is 2.45. The molecule has 2 aliphatic heterocycles. The van der Waals surface area contributed by atoms with E-state index in [0.29, 0.717) is 5.54 Å². The van der Waals surface area contributed by atoms with Crippen molar-refractivity contribution in [2.24, 2.45) is 0 Å². The number of nitrogens with zero attached hydrogens (tertiary/aromatic N) is 4. The van der Waals surface area contributed by atoms with E-state index in [0.717, 1.165) is 0 Å². The third-order valence-electron chi connectivity index (χ3n) is 3.21. The Kier molecular flexibility index (Phi) is 1.14. The van der Waals surface area contributed by atoms with Crippen molar-refractivity contribution in [1.29, 1.82) is 0 Å². The predicted octanol–water partition coefficient (Wildman–Crippen LogP) is 0.0828. The SMILES string of the molecule is c1ncn(C23CCN(CC2)C3)n1. The van der Waals surface area contributed by atoms with Gasteiger partial charge in [-0.3, -0.25) is 0 Å². The van der Waals surface area contributed by atoms with Crippen molar-refractivity contribution in [3.05, 3.63) is 12.7 Å². The fourth-order valence-electron chi connectivity index (χ4n) is 2.46. The molecule has 4 heteroatoms. The van der Waals surface area contributed by atoms with E-state index in [9.17, 15) is 0 Å². The molecule has 0 spiro atoms. The summed E-state index contributed by atoms with van der Waals surface area (Å²) in [5.41, 5.74) is 0.302. The molecule has 0 unspecified atom stereocenters. The van der Waals surface area contributed by atoms with Gasteiger partial charge in [-0.2, -0.15) is 5.10 Å². The number of rotatable bonds is 1. The van der Waals surface area contributed by atoms with Gasteiger partial charge in [0.1, 0.15) is 12.7 Å². The second-order valence-electron chi connectivity index (χ2n) is 3.84. The molecule has 3 heterocycles. The van der Waals surface area contributed by atoms with Crippen LogP contribution in [0.1, 0.15) is 12.8 Å². The first-order valence-electron chi connectivity index (χ1n) is 4.47. The van der Waals surface area contributed by atoms with Gasteiger partial charge in [-0.25, -0.2) is 9.67 Å². The Morgan fingerprint density at radius 3 is 2.58 bits per heavy atom. The summed E-state index contributed by atoms with van der Waals surface area (Å²) in [7, 11) is 0. The van der Waals surface area contributed by atoms with Crippen LogP contribution >= 0.6 is 0 Å². The van der Waals surface area contributed by atoms with Crippen LogP contribution in [0, 0.1) is 0 Å². The van der Waals surface area contributed by atoms with Gasteiger partial charge in [0.25, 0.3) is 0 Å². The van der Waals surface area contributed by atoms with E-state index >= 15 is 0 Å². The lowest BCUT2D eigenvalue weighted by Gasteiger charge is -2.24. The Bertz CT molecular complexity index is 271. The average molecular weight is 164 g/mol. The fourth-order valence-corrected chi connectivity index (χ4v) is 2.46. The molecular formula is C8H12N4. The van der Waals surface area contributed by atoms with E-state index in [-0.39, 0.29) is 0 Å². The molecule has 0 radical (unpaired) electrons. The van der Waals surface area contributed by atoms with Crippen molar-refractivity contribution in [2.75, 3.05) is 19.6 Å². The van der Waals surface area contributed by atoms with Gasteiger partial charge in [-0.15, -0.1) is 0 Å². The highest BCUT2D eigenvalue weighted by atomic mass is 15.4. The van der Waals surface area contributed by atoms with Crippen LogP contribution in [0.25, 0.3) is 0 Å². The number of piperidine rings is 1. The molecule has 4 nitrogen and oxygen atoms in total. The zero-order valence-electron chi connectivity index (χ0n) is 6.98. The molecule has 12 heavy (non-hydrogen) atoms. The lowest BCUT2D eigenvalue weighted by Crippen LogP contribution is -2.32. The minimum Gasteiger partial charge on any atom is -0.301 e. The van der Waals surface area contributed by atoms with Crippen molar-refractivity contribution >= 4 is 0 Å². The van der Waals surface area contributed by atoms with Crippen LogP contribution in [0.5, 0.6) is 0 Å². The Morgan fingerprint density at radius 1 is 1.25 bits per heavy atom. The minimum absolute atomic E-state index is 0.302. The molecule has 1 aromatic rings. The van der Waals surface area contributed by atoms with Gasteiger partial charge in [0.05, 0.1) is 5.54 Å². The van der Waals surface area contributed by atoms with Crippen LogP contribution in [0.3, 0.4) is 0 Å². The van der Waals surface area contributed by atoms with E-state index in [4.69, 9.17) is 0 Å². The molecule has 0 amide bonds. The van der Waals surface area contributed by atoms with Gasteiger partial charge < -0.3 is 4.90 Å². The molecule has 0 aromatic carbocycles. The van der Waals surface area contributed by atoms with Gasteiger partial charge in [-0.1, -0.05) is 0 Å². The van der Waals surface area contributed by atoms with Crippen LogP contribution in [0.4, 0.5) is 0 Å². The molecule has 0 atom stereocenters. The van der Waals surface area contributed by atoms with E-state index < -0.39 is 0 Å². The van der Waals surface area contributed by atoms with Crippen LogP contribution in [-0.2, 0) is 5.54 Å². The van der Waals surface area contributed by atoms with Gasteiger partial charge in [0, 0.05) is 19.6 Å². The maximum absolute atomic E-state index is 4.25.